The summed E-state index contributed by atoms with van der Waals surface area (Å²) < 4.78 is 53.7. The number of carbonyl (C=O) groups is 2. The van der Waals surface area contributed by atoms with Crippen LogP contribution in [0.1, 0.15) is 45.6 Å². The van der Waals surface area contributed by atoms with Crippen molar-refractivity contribution >= 4 is 17.8 Å². The topological polar surface area (TPSA) is 118 Å². The van der Waals surface area contributed by atoms with E-state index >= 15 is 0 Å². The minimum atomic E-state index is -4.53. The van der Waals surface area contributed by atoms with Gasteiger partial charge in [-0.1, -0.05) is 0 Å². The number of rotatable bonds is 11. The van der Waals surface area contributed by atoms with Gasteiger partial charge in [-0.15, -0.1) is 0 Å². The Bertz CT molecular complexity index is 868. The van der Waals surface area contributed by atoms with Gasteiger partial charge in [-0.3, -0.25) is 15.0 Å². The molecular weight excluding hydrogens is 459 g/mol. The first-order valence-electron chi connectivity index (χ1n) is 10.7. The zero-order valence-electron chi connectivity index (χ0n) is 19.3. The maximum absolute atomic E-state index is 12.8. The molecule has 0 saturated heterocycles. The predicted octanol–water partition coefficient (Wildman–Crippen LogP) is 2.27. The third-order valence-electron chi connectivity index (χ3n) is 4.51. The number of hydrazine groups is 1. The second-order valence-corrected chi connectivity index (χ2v) is 8.70. The maximum Gasteiger partial charge on any atom is 0.402 e. The summed E-state index contributed by atoms with van der Waals surface area (Å²) in [6, 6.07) is 6.61. The summed E-state index contributed by atoms with van der Waals surface area (Å²) in [5.41, 5.74) is 2.02. The third kappa shape index (κ3) is 8.82. The van der Waals surface area contributed by atoms with Crippen molar-refractivity contribution in [2.45, 2.75) is 57.3 Å². The fourth-order valence-corrected chi connectivity index (χ4v) is 2.94. The average Bonchev–Trinajstić information content (AvgIpc) is 3.17. The maximum atomic E-state index is 12.8. The molecule has 1 heterocycles. The number of nitrogens with one attached hydrogen (secondary N) is 2. The first-order valence-corrected chi connectivity index (χ1v) is 10.7. The van der Waals surface area contributed by atoms with Crippen LogP contribution in [0.5, 0.6) is 5.75 Å². The molecule has 0 aliphatic carbocycles. The molecule has 12 heteroatoms. The highest BCUT2D eigenvalue weighted by molar-refractivity contribution is 6.00. The Morgan fingerprint density at radius 2 is 1.88 bits per heavy atom. The average molecular weight is 489 g/mol. The van der Waals surface area contributed by atoms with Gasteiger partial charge in [0.05, 0.1) is 6.61 Å². The number of alkyl halides is 3. The number of esters is 1. The van der Waals surface area contributed by atoms with Crippen molar-refractivity contribution in [3.8, 4) is 5.75 Å². The van der Waals surface area contributed by atoms with Crippen molar-refractivity contribution < 1.29 is 42.1 Å². The van der Waals surface area contributed by atoms with E-state index in [9.17, 15) is 22.8 Å². The second kappa shape index (κ2) is 11.5. The van der Waals surface area contributed by atoms with E-state index < -0.39 is 35.7 Å². The lowest BCUT2D eigenvalue weighted by Crippen LogP contribution is -2.53. The van der Waals surface area contributed by atoms with E-state index in [1.54, 1.807) is 45.0 Å². The third-order valence-corrected chi connectivity index (χ3v) is 4.51. The minimum absolute atomic E-state index is 0.00794. The molecule has 34 heavy (non-hydrogen) atoms. The lowest BCUT2D eigenvalue weighted by atomic mass is 9.94. The summed E-state index contributed by atoms with van der Waals surface area (Å²) in [5, 5.41) is 8.82. The molecule has 3 N–H and O–H groups in total. The van der Waals surface area contributed by atoms with Crippen molar-refractivity contribution in [3.63, 3.8) is 0 Å². The van der Waals surface area contributed by atoms with Crippen molar-refractivity contribution in [3.05, 3.63) is 29.8 Å². The van der Waals surface area contributed by atoms with Gasteiger partial charge in [-0.2, -0.15) is 13.2 Å². The fraction of sp³-hybridized carbons (Fsp3) is 0.591. The Balaban J connectivity index is 2.16. The molecule has 1 aromatic carbocycles. The van der Waals surface area contributed by atoms with Crippen molar-refractivity contribution in [2.24, 2.45) is 4.99 Å². The summed E-state index contributed by atoms with van der Waals surface area (Å²) in [4.78, 5) is 29.4. The molecule has 0 aromatic heterocycles. The first-order chi connectivity index (χ1) is 15.8. The van der Waals surface area contributed by atoms with E-state index in [0.717, 1.165) is 0 Å². The molecule has 0 fully saturated rings. The molecule has 9 nitrogen and oxygen atoms in total. The number of nitrogens with zero attached hydrogens (tertiary/aromatic N) is 1. The molecule has 1 amide bonds. The molecule has 1 atom stereocenters. The van der Waals surface area contributed by atoms with Crippen molar-refractivity contribution in [1.29, 1.82) is 0 Å². The van der Waals surface area contributed by atoms with Crippen LogP contribution in [0.4, 0.5) is 13.2 Å². The van der Waals surface area contributed by atoms with Crippen molar-refractivity contribution in [1.82, 2.24) is 10.9 Å². The summed E-state index contributed by atoms with van der Waals surface area (Å²) in [7, 11) is 0. The number of halogens is 3. The molecule has 1 aliphatic heterocycles. The number of amides is 1. The normalized spacial score (nSPS) is 18.1. The van der Waals surface area contributed by atoms with E-state index in [0.29, 0.717) is 24.3 Å². The van der Waals surface area contributed by atoms with Gasteiger partial charge in [0.15, 0.2) is 5.54 Å². The molecule has 1 aromatic rings. The number of carbonyl (C=O) groups excluding carboxylic acids is 2. The quantitative estimate of drug-likeness (QED) is 0.248. The summed E-state index contributed by atoms with van der Waals surface area (Å²) in [5.74, 6) is -0.770. The molecule has 0 bridgehead atoms. The summed E-state index contributed by atoms with van der Waals surface area (Å²) in [6.45, 7) is 3.73. The molecule has 0 spiro atoms. The Morgan fingerprint density at radius 3 is 2.47 bits per heavy atom. The molecule has 2 rings (SSSR count). The highest BCUT2D eigenvalue weighted by atomic mass is 19.4. The Labute approximate surface area is 195 Å². The predicted molar refractivity (Wildman–Crippen MR) is 116 cm³/mol. The zero-order chi connectivity index (χ0) is 25.4. The molecule has 0 unspecified atom stereocenters. The van der Waals surface area contributed by atoms with Gasteiger partial charge in [0.2, 0.25) is 5.90 Å². The van der Waals surface area contributed by atoms with Crippen LogP contribution in [0.3, 0.4) is 0 Å². The van der Waals surface area contributed by atoms with Crippen LogP contribution >= 0.6 is 0 Å². The van der Waals surface area contributed by atoms with E-state index in [1.807, 2.05) is 10.9 Å². The molecule has 1 aliphatic rings. The van der Waals surface area contributed by atoms with Gasteiger partial charge in [0.1, 0.15) is 24.5 Å². The molecule has 190 valence electrons. The van der Waals surface area contributed by atoms with Crippen LogP contribution in [0.15, 0.2) is 29.3 Å². The number of aliphatic hydroxyl groups is 1. The SMILES string of the molecule is CC(C)(C)OC(=O)CC[C@@]1(C(=O)NNCC(F)(F)F)COC(c2ccc(OCCCO)cc2)=N1. The number of aliphatic hydroxyl groups excluding tert-OH is 1. The largest absolute Gasteiger partial charge is 0.494 e. The Morgan fingerprint density at radius 1 is 1.21 bits per heavy atom. The highest BCUT2D eigenvalue weighted by Crippen LogP contribution is 2.28. The standard InChI is InChI=1S/C22H30F3N3O6/c1-20(2,3)34-17(30)9-10-21(19(31)28-26-13-22(23,24)25)14-33-18(27-21)15-5-7-16(8-6-15)32-12-4-11-29/h5-8,26,29H,4,9-14H2,1-3H3,(H,28,31)/t21-/m0/s1. The van der Waals surface area contributed by atoms with Crippen LogP contribution in [0.25, 0.3) is 0 Å². The number of benzene rings is 1. The van der Waals surface area contributed by atoms with Crippen LogP contribution in [0.2, 0.25) is 0 Å². The van der Waals surface area contributed by atoms with Gasteiger partial charge < -0.3 is 19.3 Å². The number of aliphatic imine (C=N–C) groups is 1. The number of hydrogen-bond acceptors (Lipinski definition) is 8. The van der Waals surface area contributed by atoms with Gasteiger partial charge in [-0.05, 0) is 51.5 Å². The van der Waals surface area contributed by atoms with E-state index in [1.165, 1.54) is 0 Å². The van der Waals surface area contributed by atoms with Gasteiger partial charge in [0, 0.05) is 25.0 Å². The Hall–Kier alpha value is -2.86. The van der Waals surface area contributed by atoms with Crippen LogP contribution < -0.4 is 15.6 Å². The first kappa shape index (κ1) is 27.4. The molecular formula is C22H30F3N3O6. The van der Waals surface area contributed by atoms with Gasteiger partial charge >= 0.3 is 12.1 Å². The smallest absolute Gasteiger partial charge is 0.402 e. The summed E-state index contributed by atoms with van der Waals surface area (Å²) in [6.07, 6.45) is -4.37. The molecule has 0 saturated carbocycles. The van der Waals surface area contributed by atoms with Crippen LogP contribution in [-0.2, 0) is 19.1 Å². The number of ether oxygens (including phenoxy) is 3. The summed E-state index contributed by atoms with van der Waals surface area (Å²) >= 11 is 0. The Kier molecular flexibility index (Phi) is 9.28. The highest BCUT2D eigenvalue weighted by Gasteiger charge is 2.45. The second-order valence-electron chi connectivity index (χ2n) is 8.70. The lowest BCUT2D eigenvalue weighted by molar-refractivity contribution is -0.155. The lowest BCUT2D eigenvalue weighted by Gasteiger charge is -2.24. The van der Waals surface area contributed by atoms with E-state index in [4.69, 9.17) is 19.3 Å². The fourth-order valence-electron chi connectivity index (χ4n) is 2.94. The number of hydrogen-bond donors (Lipinski definition) is 3. The van der Waals surface area contributed by atoms with Crippen LogP contribution in [-0.4, -0.2) is 66.6 Å². The van der Waals surface area contributed by atoms with Gasteiger partial charge in [-0.25, -0.2) is 10.4 Å². The van der Waals surface area contributed by atoms with Crippen molar-refractivity contribution in [2.75, 3.05) is 26.4 Å². The van der Waals surface area contributed by atoms with E-state index in [-0.39, 0.29) is 32.0 Å². The monoisotopic (exact) mass is 489 g/mol. The zero-order valence-corrected chi connectivity index (χ0v) is 19.3. The van der Waals surface area contributed by atoms with E-state index in [2.05, 4.69) is 4.99 Å². The molecule has 0 radical (unpaired) electrons. The minimum Gasteiger partial charge on any atom is -0.494 e. The van der Waals surface area contributed by atoms with Crippen LogP contribution in [0, 0.1) is 0 Å². The van der Waals surface area contributed by atoms with Gasteiger partial charge in [0.25, 0.3) is 5.91 Å².